The quantitative estimate of drug-likeness (QED) is 0.233. The fraction of sp³-hybridized carbons (Fsp3) is 0. The summed E-state index contributed by atoms with van der Waals surface area (Å²) in [6.45, 7) is 0. The van der Waals surface area contributed by atoms with E-state index in [1.165, 1.54) is 0 Å². The fourth-order valence-electron chi connectivity index (χ4n) is 0. The summed E-state index contributed by atoms with van der Waals surface area (Å²) < 4.78 is 0. The van der Waals surface area contributed by atoms with Gasteiger partial charge in [0, 0.05) is 42.1 Å². The molecule has 140 valence electrons. The molecule has 0 unspecified atom stereocenters. The van der Waals surface area contributed by atoms with Crippen LogP contribution >= 0.6 is 0 Å². The minimum Gasteiger partial charge on any atom is -2.00 e. The van der Waals surface area contributed by atoms with Crippen LogP contribution in [0.3, 0.4) is 0 Å². The van der Waals surface area contributed by atoms with Crippen molar-refractivity contribution in [3.8, 4) is 0 Å². The minimum absolute atomic E-state index is 0. The van der Waals surface area contributed by atoms with E-state index in [-0.39, 0.29) is 272 Å². The predicted molar refractivity (Wildman–Crippen MR) is 20.4 cm³/mol. The maximum atomic E-state index is 0. The average molecular weight is 805 g/mol. The fourth-order valence-corrected chi connectivity index (χ4v) is 0. The summed E-state index contributed by atoms with van der Waals surface area (Å²) in [5.74, 6) is 0. The molecule has 0 aromatic rings. The van der Waals surface area contributed by atoms with E-state index in [1.807, 2.05) is 0 Å². The summed E-state index contributed by atoms with van der Waals surface area (Å²) in [5.41, 5.74) is 0. The van der Waals surface area contributed by atoms with Crippen LogP contribution in [0.5, 0.6) is 0 Å². The van der Waals surface area contributed by atoms with Crippen LogP contribution in [-0.4, -0.2) is 91.0 Å². The molecule has 0 aromatic carbocycles. The molecule has 0 aliphatic rings. The van der Waals surface area contributed by atoms with E-state index in [2.05, 4.69) is 0 Å². The van der Waals surface area contributed by atoms with Gasteiger partial charge in [0.15, 0.2) is 0 Å². The molecule has 13 nitrogen and oxygen atoms in total. The Hall–Kier alpha value is 5.87. The Bertz CT molecular complexity index is 36.1. The predicted octanol–water partition coefficient (Wildman–Crippen LogP) is -2.32. The molecule has 0 aliphatic carbocycles. The van der Waals surface area contributed by atoms with E-state index in [0.29, 0.717) is 0 Å². The number of hydrogen-bond acceptors (Lipinski definition) is 0. The van der Waals surface area contributed by atoms with E-state index in [9.17, 15) is 0 Å². The van der Waals surface area contributed by atoms with Crippen molar-refractivity contribution in [2.45, 2.75) is 0 Å². The minimum atomic E-state index is 0. The zero-order valence-electron chi connectivity index (χ0n) is 8.91. The largest absolute Gasteiger partial charge is 3.00 e. The van der Waals surface area contributed by atoms with Gasteiger partial charge in [-0.1, -0.05) is 0 Å². The molecule has 0 fully saturated rings. The van der Waals surface area contributed by atoms with Gasteiger partial charge in [-0.25, -0.2) is 0 Å². The monoisotopic (exact) mass is 809 g/mol. The summed E-state index contributed by atoms with van der Waals surface area (Å²) >= 11 is 0. The van der Waals surface area contributed by atoms with Gasteiger partial charge in [0.1, 0.15) is 0 Å². The van der Waals surface area contributed by atoms with E-state index < -0.39 is 0 Å². The van der Waals surface area contributed by atoms with E-state index in [4.69, 9.17) is 0 Å². The van der Waals surface area contributed by atoms with Crippen LogP contribution in [0.1, 0.15) is 0 Å². The molecule has 0 heterocycles. The second-order valence-corrected chi connectivity index (χ2v) is 0. The molecule has 4 radical (unpaired) electrons. The third kappa shape index (κ3) is 428. The molecular formula is Co2Fe2Mo2O13Sr2-12. The molecule has 21 heteroatoms. The Morgan fingerprint density at radius 3 is 0.238 bits per heavy atom. The molecule has 0 N–H and O–H groups in total. The standard InChI is InChI=1S/2Co.2Fe.2Mo.13O.2Sr/q2*+2;2*+3;;;13*-2;2*+2. The van der Waals surface area contributed by atoms with Gasteiger partial charge in [0.2, 0.25) is 0 Å². The van der Waals surface area contributed by atoms with Gasteiger partial charge in [-0.3, -0.25) is 0 Å². The van der Waals surface area contributed by atoms with Crippen molar-refractivity contribution in [1.82, 2.24) is 0 Å². The molecule has 0 saturated heterocycles. The maximum absolute atomic E-state index is 0. The molecule has 0 rings (SSSR count). The first-order chi connectivity index (χ1) is 0. The van der Waals surface area contributed by atoms with Crippen molar-refractivity contribution in [1.29, 1.82) is 0 Å². The summed E-state index contributed by atoms with van der Waals surface area (Å²) in [6, 6.07) is 0. The van der Waals surface area contributed by atoms with Crippen LogP contribution in [0.2, 0.25) is 0 Å². The van der Waals surface area contributed by atoms with Crippen LogP contribution < -0.4 is 0 Å². The maximum Gasteiger partial charge on any atom is 3.00 e. The Labute approximate surface area is 266 Å². The Kier molecular flexibility index (Phi) is 11500. The van der Waals surface area contributed by atoms with Crippen molar-refractivity contribution in [2.24, 2.45) is 0 Å². The first-order valence-electron chi connectivity index (χ1n) is 0. The normalized spacial score (nSPS) is 0. The third-order valence-electron chi connectivity index (χ3n) is 0. The number of rotatable bonds is 0. The summed E-state index contributed by atoms with van der Waals surface area (Å²) in [7, 11) is 0. The smallest absolute Gasteiger partial charge is 2.00 e. The van der Waals surface area contributed by atoms with E-state index >= 15 is 0 Å². The molecule has 0 atom stereocenters. The van der Waals surface area contributed by atoms with Gasteiger partial charge >= 0.3 is 159 Å². The van der Waals surface area contributed by atoms with Crippen LogP contribution in [0.25, 0.3) is 0 Å². The average Bonchev–Trinajstić information content (AvgIpc) is 0. The summed E-state index contributed by atoms with van der Waals surface area (Å²) in [5, 5.41) is 0. The van der Waals surface area contributed by atoms with Gasteiger partial charge in [-0.05, 0) is 0 Å². The SMILES string of the molecule is [Co+2].[Co+2].[Fe+3].[Fe+3].[Mo].[Mo].[O-2].[O-2].[O-2].[O-2].[O-2].[O-2].[O-2].[O-2].[O-2].[O-2].[O-2].[O-2].[O-2].[Sr+2].[Sr+2]. The van der Waals surface area contributed by atoms with Crippen molar-refractivity contribution >= 4 is 91.0 Å². The molecule has 0 amide bonds. The second kappa shape index (κ2) is 464. The molecule has 0 aliphatic heterocycles. The number of hydrogen-bond donors (Lipinski definition) is 0. The van der Waals surface area contributed by atoms with Crippen molar-refractivity contribution < 1.29 is 181 Å². The van der Waals surface area contributed by atoms with Crippen LogP contribution in [0.15, 0.2) is 0 Å². The Morgan fingerprint density at radius 2 is 0.238 bits per heavy atom. The topological polar surface area (TPSA) is 370 Å². The Morgan fingerprint density at radius 1 is 0.238 bits per heavy atom. The first kappa shape index (κ1) is 522. The third-order valence-corrected chi connectivity index (χ3v) is 0. The van der Waals surface area contributed by atoms with Gasteiger partial charge in [-0.2, -0.15) is 0 Å². The van der Waals surface area contributed by atoms with E-state index in [0.717, 1.165) is 0 Å². The van der Waals surface area contributed by atoms with Crippen molar-refractivity contribution in [3.05, 3.63) is 0 Å². The van der Waals surface area contributed by atoms with Crippen LogP contribution in [-0.2, 0) is 181 Å². The van der Waals surface area contributed by atoms with Crippen LogP contribution in [0.4, 0.5) is 0 Å². The molecule has 0 saturated carbocycles. The zero-order valence-corrected chi connectivity index (χ0v) is 24.2. The van der Waals surface area contributed by atoms with Crippen molar-refractivity contribution in [2.75, 3.05) is 0 Å². The first-order valence-corrected chi connectivity index (χ1v) is 0. The molecule has 21 heavy (non-hydrogen) atoms. The Balaban J connectivity index is 0. The van der Waals surface area contributed by atoms with Gasteiger partial charge in [0.25, 0.3) is 0 Å². The molecule has 0 aromatic heterocycles. The molecular weight excluding hydrogens is 805 g/mol. The van der Waals surface area contributed by atoms with Crippen LogP contribution in [0, 0.1) is 0 Å². The summed E-state index contributed by atoms with van der Waals surface area (Å²) in [6.07, 6.45) is 0. The van der Waals surface area contributed by atoms with Gasteiger partial charge in [-0.15, -0.1) is 0 Å². The summed E-state index contributed by atoms with van der Waals surface area (Å²) in [4.78, 5) is 0. The second-order valence-electron chi connectivity index (χ2n) is 0. The zero-order chi connectivity index (χ0) is 0. The van der Waals surface area contributed by atoms with Gasteiger partial charge in [0.05, 0.1) is 0 Å². The molecule has 0 bridgehead atoms. The molecule has 0 spiro atoms. The van der Waals surface area contributed by atoms with Crippen molar-refractivity contribution in [3.63, 3.8) is 0 Å². The van der Waals surface area contributed by atoms with Gasteiger partial charge < -0.3 is 71.2 Å². The van der Waals surface area contributed by atoms with E-state index in [1.54, 1.807) is 0 Å².